The van der Waals surface area contributed by atoms with E-state index in [2.05, 4.69) is 12.6 Å². The van der Waals surface area contributed by atoms with E-state index in [0.717, 1.165) is 0 Å². The maximum Gasteiger partial charge on any atom is 0.333 e. The van der Waals surface area contributed by atoms with Crippen molar-refractivity contribution in [2.75, 3.05) is 0 Å². The van der Waals surface area contributed by atoms with Gasteiger partial charge in [-0.1, -0.05) is 37.8 Å². The van der Waals surface area contributed by atoms with Gasteiger partial charge in [0.1, 0.15) is 0 Å². The molecule has 1 aromatic carbocycles. The highest BCUT2D eigenvalue weighted by Crippen LogP contribution is 2.10. The summed E-state index contributed by atoms with van der Waals surface area (Å²) in [5.41, 5.74) is 0.710. The van der Waals surface area contributed by atoms with E-state index in [1.54, 1.807) is 38.1 Å². The molecule has 0 spiro atoms. The van der Waals surface area contributed by atoms with E-state index in [-0.39, 0.29) is 11.4 Å². The summed E-state index contributed by atoms with van der Waals surface area (Å²) in [6.07, 6.45) is -0.335. The highest BCUT2D eigenvalue weighted by molar-refractivity contribution is 6.01. The number of carbonyl (C=O) groups is 2. The molecule has 0 amide bonds. The molecule has 0 aliphatic heterocycles. The van der Waals surface area contributed by atoms with Gasteiger partial charge in [0, 0.05) is 11.1 Å². The summed E-state index contributed by atoms with van der Waals surface area (Å²) in [5, 5.41) is 0. The highest BCUT2D eigenvalue weighted by atomic mass is 16.5. The molecule has 1 unspecified atom stereocenters. The Kier molecular flexibility index (Phi) is 4.64. The van der Waals surface area contributed by atoms with Crippen LogP contribution in [0, 0.1) is 6.07 Å². The molecule has 0 bridgehead atoms. The highest BCUT2D eigenvalue weighted by Gasteiger charge is 2.22. The fourth-order valence-electron chi connectivity index (χ4n) is 1.27. The monoisotopic (exact) mass is 231 g/mol. The zero-order valence-electron chi connectivity index (χ0n) is 10.0. The summed E-state index contributed by atoms with van der Waals surface area (Å²) in [6, 6.07) is 9.65. The first kappa shape index (κ1) is 13.2. The second-order valence-electron chi connectivity index (χ2n) is 3.72. The zero-order chi connectivity index (χ0) is 12.8. The lowest BCUT2D eigenvalue weighted by Crippen LogP contribution is -2.27. The number of esters is 1. The van der Waals surface area contributed by atoms with E-state index < -0.39 is 12.1 Å². The van der Waals surface area contributed by atoms with Crippen molar-refractivity contribution in [1.29, 1.82) is 0 Å². The lowest BCUT2D eigenvalue weighted by molar-refractivity contribution is -0.142. The quantitative estimate of drug-likeness (QED) is 0.444. The van der Waals surface area contributed by atoms with Gasteiger partial charge in [0.2, 0.25) is 5.78 Å². The third kappa shape index (κ3) is 3.55. The fraction of sp³-hybridized carbons (Fsp3) is 0.286. The molecule has 0 saturated heterocycles. The van der Waals surface area contributed by atoms with Crippen LogP contribution in [0.4, 0.5) is 0 Å². The first-order valence-corrected chi connectivity index (χ1v) is 5.43. The van der Waals surface area contributed by atoms with Crippen molar-refractivity contribution in [2.24, 2.45) is 0 Å². The predicted molar refractivity (Wildman–Crippen MR) is 64.6 cm³/mol. The third-order valence-electron chi connectivity index (χ3n) is 2.24. The van der Waals surface area contributed by atoms with E-state index in [1.807, 2.05) is 0 Å². The summed E-state index contributed by atoms with van der Waals surface area (Å²) < 4.78 is 5.07. The number of carbonyl (C=O) groups excluding carboxylic acids is 2. The Morgan fingerprint density at radius 1 is 1.47 bits per heavy atom. The second-order valence-corrected chi connectivity index (χ2v) is 3.72. The molecule has 0 aliphatic rings. The topological polar surface area (TPSA) is 43.4 Å². The first-order valence-electron chi connectivity index (χ1n) is 5.43. The minimum Gasteiger partial charge on any atom is -0.451 e. The summed E-state index contributed by atoms with van der Waals surface area (Å²) >= 11 is 0. The molecule has 1 aromatic rings. The molecule has 3 heteroatoms. The van der Waals surface area contributed by atoms with Gasteiger partial charge in [-0.15, -0.1) is 0 Å². The SMILES string of the molecule is C=C(C)C(=O)OC(CC)C(=O)c1[c]cccc1. The van der Waals surface area contributed by atoms with Crippen molar-refractivity contribution in [3.05, 3.63) is 48.0 Å². The van der Waals surface area contributed by atoms with Crippen molar-refractivity contribution in [3.63, 3.8) is 0 Å². The Morgan fingerprint density at radius 2 is 2.18 bits per heavy atom. The van der Waals surface area contributed by atoms with Crippen molar-refractivity contribution < 1.29 is 14.3 Å². The minimum atomic E-state index is -0.766. The average Bonchev–Trinajstić information content (AvgIpc) is 2.35. The molecule has 89 valence electrons. The number of ether oxygens (including phenoxy) is 1. The number of Topliss-reactive ketones (excluding diaryl/α,β-unsaturated/α-hetero) is 1. The maximum atomic E-state index is 12.0. The Hall–Kier alpha value is -1.90. The third-order valence-corrected chi connectivity index (χ3v) is 2.24. The van der Waals surface area contributed by atoms with Crippen LogP contribution in [0.1, 0.15) is 30.6 Å². The molecule has 0 fully saturated rings. The van der Waals surface area contributed by atoms with Crippen LogP contribution in [0.3, 0.4) is 0 Å². The summed E-state index contributed by atoms with van der Waals surface area (Å²) in [5.74, 6) is -0.774. The van der Waals surface area contributed by atoms with E-state index in [4.69, 9.17) is 4.74 Å². The van der Waals surface area contributed by atoms with Crippen molar-refractivity contribution in [1.82, 2.24) is 0 Å². The van der Waals surface area contributed by atoms with E-state index >= 15 is 0 Å². The Morgan fingerprint density at radius 3 is 2.65 bits per heavy atom. The number of rotatable bonds is 5. The summed E-state index contributed by atoms with van der Waals surface area (Å²) in [6.45, 7) is 6.82. The normalized spacial score (nSPS) is 11.6. The summed E-state index contributed by atoms with van der Waals surface area (Å²) in [7, 11) is 0. The van der Waals surface area contributed by atoms with Gasteiger partial charge in [0.05, 0.1) is 0 Å². The Balaban J connectivity index is 2.78. The molecule has 0 aromatic heterocycles. The van der Waals surface area contributed by atoms with Gasteiger partial charge in [-0.3, -0.25) is 4.79 Å². The molecule has 0 saturated carbocycles. The Labute approximate surface area is 101 Å². The smallest absolute Gasteiger partial charge is 0.333 e. The number of hydrogen-bond donors (Lipinski definition) is 0. The van der Waals surface area contributed by atoms with Gasteiger partial charge >= 0.3 is 5.97 Å². The molecule has 1 rings (SSSR count). The average molecular weight is 231 g/mol. The largest absolute Gasteiger partial charge is 0.451 e. The minimum absolute atomic E-state index is 0.234. The lowest BCUT2D eigenvalue weighted by atomic mass is 10.0. The van der Waals surface area contributed by atoms with Crippen molar-refractivity contribution >= 4 is 11.8 Å². The standard InChI is InChI=1S/C14H15O3/c1-4-12(17-14(16)10(2)3)13(15)11-8-6-5-7-9-11/h5-8,12H,2,4H2,1,3H3. The van der Waals surface area contributed by atoms with Crippen LogP contribution >= 0.6 is 0 Å². The number of benzene rings is 1. The van der Waals surface area contributed by atoms with Gasteiger partial charge in [-0.05, 0) is 19.4 Å². The number of ketones is 1. The van der Waals surface area contributed by atoms with Crippen LogP contribution in [-0.4, -0.2) is 17.9 Å². The first-order chi connectivity index (χ1) is 8.06. The van der Waals surface area contributed by atoms with Crippen LogP contribution < -0.4 is 0 Å². The van der Waals surface area contributed by atoms with E-state index in [0.29, 0.717) is 12.0 Å². The van der Waals surface area contributed by atoms with E-state index in [9.17, 15) is 9.59 Å². The lowest BCUT2D eigenvalue weighted by Gasteiger charge is -2.14. The second kappa shape index (κ2) is 5.99. The van der Waals surface area contributed by atoms with Gasteiger partial charge in [-0.2, -0.15) is 0 Å². The molecule has 1 radical (unpaired) electrons. The summed E-state index contributed by atoms with van der Waals surface area (Å²) in [4.78, 5) is 23.4. The van der Waals surface area contributed by atoms with Crippen LogP contribution in [0.25, 0.3) is 0 Å². The molecule has 17 heavy (non-hydrogen) atoms. The predicted octanol–water partition coefficient (Wildman–Crippen LogP) is 2.57. The van der Waals surface area contributed by atoms with Crippen molar-refractivity contribution in [2.45, 2.75) is 26.4 Å². The molecular formula is C14H15O3. The molecular weight excluding hydrogens is 216 g/mol. The fourth-order valence-corrected chi connectivity index (χ4v) is 1.27. The van der Waals surface area contributed by atoms with E-state index in [1.165, 1.54) is 0 Å². The molecule has 0 heterocycles. The number of hydrogen-bond acceptors (Lipinski definition) is 3. The van der Waals surface area contributed by atoms with Crippen LogP contribution in [-0.2, 0) is 9.53 Å². The maximum absolute atomic E-state index is 12.0. The van der Waals surface area contributed by atoms with Gasteiger partial charge in [-0.25, -0.2) is 4.79 Å². The van der Waals surface area contributed by atoms with Crippen LogP contribution in [0.5, 0.6) is 0 Å². The zero-order valence-corrected chi connectivity index (χ0v) is 10.0. The van der Waals surface area contributed by atoms with Gasteiger partial charge in [0.15, 0.2) is 6.10 Å². The molecule has 0 aliphatic carbocycles. The molecule has 3 nitrogen and oxygen atoms in total. The van der Waals surface area contributed by atoms with Gasteiger partial charge < -0.3 is 4.74 Å². The van der Waals surface area contributed by atoms with Crippen molar-refractivity contribution in [3.8, 4) is 0 Å². The molecule has 1 atom stereocenters. The van der Waals surface area contributed by atoms with Crippen LogP contribution in [0.2, 0.25) is 0 Å². The molecule has 0 N–H and O–H groups in total. The van der Waals surface area contributed by atoms with Crippen LogP contribution in [0.15, 0.2) is 36.4 Å². The van der Waals surface area contributed by atoms with Gasteiger partial charge in [0.25, 0.3) is 0 Å². The Bertz CT molecular complexity index is 420.